The molecule has 10 heteroatoms. The number of hydrogen-bond acceptors (Lipinski definition) is 9. The maximum absolute atomic E-state index is 13.6. The number of aliphatic hydroxyl groups excluding tert-OH is 1. The zero-order chi connectivity index (χ0) is 28.8. The van der Waals surface area contributed by atoms with Crippen molar-refractivity contribution < 1.29 is 33.7 Å². The first-order chi connectivity index (χ1) is 19.3. The highest BCUT2D eigenvalue weighted by molar-refractivity contribution is 7.17. The summed E-state index contributed by atoms with van der Waals surface area (Å²) in [6.45, 7) is 6.29. The van der Waals surface area contributed by atoms with Crippen LogP contribution < -0.4 is 14.4 Å². The van der Waals surface area contributed by atoms with Crippen LogP contribution in [0.25, 0.3) is 6.08 Å². The maximum Gasteiger partial charge on any atom is 0.350 e. The van der Waals surface area contributed by atoms with E-state index < -0.39 is 29.5 Å². The van der Waals surface area contributed by atoms with E-state index in [4.69, 9.17) is 14.2 Å². The van der Waals surface area contributed by atoms with Gasteiger partial charge in [0.25, 0.3) is 5.91 Å². The summed E-state index contributed by atoms with van der Waals surface area (Å²) in [5.74, 6) is -1.69. The second-order valence-corrected chi connectivity index (χ2v) is 9.82. The number of esters is 1. The predicted octanol–water partition coefficient (Wildman–Crippen LogP) is 5.61. The van der Waals surface area contributed by atoms with E-state index in [-0.39, 0.29) is 15.6 Å². The van der Waals surface area contributed by atoms with Crippen LogP contribution in [0.15, 0.2) is 65.9 Å². The Morgan fingerprint density at radius 1 is 1.10 bits per heavy atom. The minimum atomic E-state index is -1.05. The van der Waals surface area contributed by atoms with Crippen molar-refractivity contribution >= 4 is 40.2 Å². The zero-order valence-electron chi connectivity index (χ0n) is 22.7. The van der Waals surface area contributed by atoms with Gasteiger partial charge < -0.3 is 19.3 Å². The van der Waals surface area contributed by atoms with Crippen molar-refractivity contribution in [1.82, 2.24) is 4.98 Å². The van der Waals surface area contributed by atoms with E-state index in [2.05, 4.69) is 4.98 Å². The number of anilines is 1. The SMILES string of the molecule is CCCOc1ccc(C2C(C(=O)/C=C/c3ccccc3)=C(O)C(=O)N2c2nc(C)c(C(=O)OC)s2)cc1OCC. The number of aliphatic hydroxyl groups is 1. The summed E-state index contributed by atoms with van der Waals surface area (Å²) in [6, 6.07) is 13.3. The number of benzene rings is 2. The summed E-state index contributed by atoms with van der Waals surface area (Å²) >= 11 is 0.943. The molecule has 0 saturated carbocycles. The number of carbonyl (C=O) groups is 3. The molecule has 0 saturated heterocycles. The topological polar surface area (TPSA) is 115 Å². The first kappa shape index (κ1) is 28.6. The summed E-state index contributed by atoms with van der Waals surface area (Å²) in [6.07, 6.45) is 3.73. The summed E-state index contributed by atoms with van der Waals surface area (Å²) in [5, 5.41) is 11.2. The van der Waals surface area contributed by atoms with Crippen LogP contribution in [0.5, 0.6) is 11.5 Å². The Bertz CT molecular complexity index is 1480. The lowest BCUT2D eigenvalue weighted by molar-refractivity contribution is -0.117. The van der Waals surface area contributed by atoms with Crippen LogP contribution in [0.1, 0.15) is 52.8 Å². The van der Waals surface area contributed by atoms with Crippen molar-refractivity contribution in [3.63, 3.8) is 0 Å². The first-order valence-corrected chi connectivity index (χ1v) is 13.6. The number of rotatable bonds is 11. The van der Waals surface area contributed by atoms with Gasteiger partial charge >= 0.3 is 5.97 Å². The Balaban J connectivity index is 1.84. The molecule has 208 valence electrons. The lowest BCUT2D eigenvalue weighted by Crippen LogP contribution is -2.31. The molecule has 40 heavy (non-hydrogen) atoms. The van der Waals surface area contributed by atoms with Crippen molar-refractivity contribution in [3.05, 3.63) is 87.6 Å². The largest absolute Gasteiger partial charge is 0.503 e. The number of ether oxygens (including phenoxy) is 3. The maximum atomic E-state index is 13.6. The van der Waals surface area contributed by atoms with E-state index in [0.717, 1.165) is 23.3 Å². The van der Waals surface area contributed by atoms with E-state index in [1.807, 2.05) is 44.2 Å². The number of methoxy groups -OCH3 is 1. The average molecular weight is 563 g/mol. The van der Waals surface area contributed by atoms with E-state index in [9.17, 15) is 19.5 Å². The molecule has 0 radical (unpaired) electrons. The number of carbonyl (C=O) groups excluding carboxylic acids is 3. The Morgan fingerprint density at radius 3 is 2.52 bits per heavy atom. The van der Waals surface area contributed by atoms with E-state index in [1.165, 1.54) is 18.1 Å². The minimum Gasteiger partial charge on any atom is -0.503 e. The van der Waals surface area contributed by atoms with E-state index in [0.29, 0.717) is 36.0 Å². The number of nitrogens with zero attached hydrogens (tertiary/aromatic N) is 2. The van der Waals surface area contributed by atoms with E-state index >= 15 is 0 Å². The molecule has 0 fully saturated rings. The van der Waals surface area contributed by atoms with Gasteiger partial charge in [-0.3, -0.25) is 14.5 Å². The number of amides is 1. The lowest BCUT2D eigenvalue weighted by atomic mass is 9.95. The van der Waals surface area contributed by atoms with Crippen LogP contribution in [0.3, 0.4) is 0 Å². The Hall–Kier alpha value is -4.44. The molecular weight excluding hydrogens is 532 g/mol. The fourth-order valence-corrected chi connectivity index (χ4v) is 5.27. The zero-order valence-corrected chi connectivity index (χ0v) is 23.5. The molecule has 1 amide bonds. The van der Waals surface area contributed by atoms with Crippen molar-refractivity contribution in [2.75, 3.05) is 25.2 Å². The van der Waals surface area contributed by atoms with Gasteiger partial charge in [0.1, 0.15) is 4.88 Å². The highest BCUT2D eigenvalue weighted by Crippen LogP contribution is 2.45. The van der Waals surface area contributed by atoms with Gasteiger partial charge in [0.15, 0.2) is 28.2 Å². The summed E-state index contributed by atoms with van der Waals surface area (Å²) in [4.78, 5) is 45.2. The number of aromatic nitrogens is 1. The Labute approximate surface area is 236 Å². The molecule has 3 aromatic rings. The van der Waals surface area contributed by atoms with Gasteiger partial charge in [0.2, 0.25) is 0 Å². The number of thiazole rings is 1. The molecular formula is C30H30N2O7S. The fraction of sp³-hybridized carbons (Fsp3) is 0.267. The van der Waals surface area contributed by atoms with Crippen molar-refractivity contribution in [1.29, 1.82) is 0 Å². The molecule has 1 N–H and O–H groups in total. The standard InChI is InChI=1S/C30H30N2O7S/c1-5-16-39-22-15-13-20(17-23(22)38-6-2)25-24(21(33)14-12-19-10-8-7-9-11-19)26(34)28(35)32(25)30-31-18(3)27(40-30)29(36)37-4/h7-15,17,25,34H,5-6,16H2,1-4H3/b14-12+. The molecule has 0 bridgehead atoms. The number of aryl methyl sites for hydroxylation is 1. The van der Waals surface area contributed by atoms with Crippen LogP contribution >= 0.6 is 11.3 Å². The van der Waals surface area contributed by atoms with Crippen LogP contribution in [0, 0.1) is 6.92 Å². The van der Waals surface area contributed by atoms with Gasteiger partial charge in [0.05, 0.1) is 37.6 Å². The van der Waals surface area contributed by atoms with E-state index in [1.54, 1.807) is 31.2 Å². The number of hydrogen-bond donors (Lipinski definition) is 1. The van der Waals surface area contributed by atoms with Crippen molar-refractivity contribution in [2.24, 2.45) is 0 Å². The Morgan fingerprint density at radius 2 is 1.85 bits per heavy atom. The molecule has 1 aromatic heterocycles. The van der Waals surface area contributed by atoms with Crippen LogP contribution in [0.2, 0.25) is 0 Å². The molecule has 0 spiro atoms. The first-order valence-electron chi connectivity index (χ1n) is 12.8. The molecule has 1 aliphatic rings. The molecule has 1 atom stereocenters. The molecule has 1 aliphatic heterocycles. The normalized spacial score (nSPS) is 15.2. The fourth-order valence-electron chi connectivity index (χ4n) is 4.26. The molecule has 2 heterocycles. The molecule has 1 unspecified atom stereocenters. The summed E-state index contributed by atoms with van der Waals surface area (Å²) < 4.78 is 16.5. The van der Waals surface area contributed by atoms with Crippen molar-refractivity contribution in [2.45, 2.75) is 33.2 Å². The van der Waals surface area contributed by atoms with Crippen LogP contribution in [-0.2, 0) is 14.3 Å². The Kier molecular flexibility index (Phi) is 9.00. The van der Waals surface area contributed by atoms with Gasteiger partial charge in [-0.2, -0.15) is 0 Å². The van der Waals surface area contributed by atoms with Gasteiger partial charge in [-0.05, 0) is 49.6 Å². The van der Waals surface area contributed by atoms with Gasteiger partial charge in [-0.15, -0.1) is 0 Å². The smallest absolute Gasteiger partial charge is 0.350 e. The third kappa shape index (κ3) is 5.76. The third-order valence-electron chi connectivity index (χ3n) is 6.11. The second kappa shape index (κ2) is 12.6. The summed E-state index contributed by atoms with van der Waals surface area (Å²) in [7, 11) is 1.26. The minimum absolute atomic E-state index is 0.116. The van der Waals surface area contributed by atoms with Crippen molar-refractivity contribution in [3.8, 4) is 11.5 Å². The lowest BCUT2D eigenvalue weighted by Gasteiger charge is -2.25. The highest BCUT2D eigenvalue weighted by Gasteiger charge is 2.45. The summed E-state index contributed by atoms with van der Waals surface area (Å²) in [5.41, 5.74) is 1.52. The monoisotopic (exact) mass is 562 g/mol. The number of allylic oxidation sites excluding steroid dienone is 1. The van der Waals surface area contributed by atoms with Gasteiger partial charge in [-0.25, -0.2) is 9.78 Å². The highest BCUT2D eigenvalue weighted by atomic mass is 32.1. The molecule has 9 nitrogen and oxygen atoms in total. The predicted molar refractivity (Wildman–Crippen MR) is 152 cm³/mol. The quantitative estimate of drug-likeness (QED) is 0.237. The molecule has 0 aliphatic carbocycles. The molecule has 2 aromatic carbocycles. The van der Waals surface area contributed by atoms with Gasteiger partial charge in [-0.1, -0.05) is 60.7 Å². The molecule has 4 rings (SSSR count). The third-order valence-corrected chi connectivity index (χ3v) is 7.24. The van der Waals surface area contributed by atoms with Crippen LogP contribution in [-0.4, -0.2) is 48.1 Å². The van der Waals surface area contributed by atoms with Gasteiger partial charge in [0, 0.05) is 0 Å². The van der Waals surface area contributed by atoms with Crippen LogP contribution in [0.4, 0.5) is 5.13 Å². The number of ketones is 1. The second-order valence-electron chi connectivity index (χ2n) is 8.84. The average Bonchev–Trinajstić information content (AvgIpc) is 3.47.